The Hall–Kier alpha value is -1.39. The van der Waals surface area contributed by atoms with Crippen molar-refractivity contribution in [3.8, 4) is 0 Å². The van der Waals surface area contributed by atoms with Crippen molar-refractivity contribution in [2.24, 2.45) is 0 Å². The first-order valence-corrected chi connectivity index (χ1v) is 6.06. The lowest BCUT2D eigenvalue weighted by Crippen LogP contribution is -2.03. The monoisotopic (exact) mass is 305 g/mol. The minimum absolute atomic E-state index is 0.0296. The average molecular weight is 306 g/mol. The van der Waals surface area contributed by atoms with Gasteiger partial charge in [-0.3, -0.25) is 0 Å². The van der Waals surface area contributed by atoms with Gasteiger partial charge in [0.1, 0.15) is 0 Å². The van der Waals surface area contributed by atoms with Gasteiger partial charge in [-0.2, -0.15) is 0 Å². The molecule has 0 aliphatic rings. The maximum atomic E-state index is 13.4. The summed E-state index contributed by atoms with van der Waals surface area (Å²) < 4.78 is 39.6. The molecule has 1 nitrogen and oxygen atoms in total. The summed E-state index contributed by atoms with van der Waals surface area (Å²) >= 11 is 11.2. The Labute approximate surface area is 118 Å². The van der Waals surface area contributed by atoms with Crippen molar-refractivity contribution in [2.45, 2.75) is 6.54 Å². The summed E-state index contributed by atoms with van der Waals surface area (Å²) in [5, 5.41) is 2.51. The number of rotatable bonds is 3. The zero-order chi connectivity index (χ0) is 14.0. The molecule has 100 valence electrons. The van der Waals surface area contributed by atoms with Gasteiger partial charge in [-0.05, 0) is 18.2 Å². The van der Waals surface area contributed by atoms with Crippen LogP contribution in [0.1, 0.15) is 5.56 Å². The Balaban J connectivity index is 2.17. The Morgan fingerprint density at radius 3 is 2.21 bits per heavy atom. The van der Waals surface area contributed by atoms with Crippen molar-refractivity contribution < 1.29 is 13.2 Å². The van der Waals surface area contributed by atoms with Crippen LogP contribution < -0.4 is 5.32 Å². The minimum atomic E-state index is -0.922. The van der Waals surface area contributed by atoms with E-state index in [-0.39, 0.29) is 22.2 Å². The topological polar surface area (TPSA) is 12.0 Å². The van der Waals surface area contributed by atoms with Gasteiger partial charge in [-0.25, -0.2) is 13.2 Å². The molecule has 0 atom stereocenters. The van der Waals surface area contributed by atoms with Crippen molar-refractivity contribution in [3.63, 3.8) is 0 Å². The van der Waals surface area contributed by atoms with Gasteiger partial charge in [0.15, 0.2) is 17.5 Å². The third-order valence-electron chi connectivity index (χ3n) is 2.50. The number of benzene rings is 2. The molecule has 2 aromatic rings. The fraction of sp³-hybridized carbons (Fsp3) is 0.0769. The maximum Gasteiger partial charge on any atom is 0.163 e. The molecule has 0 saturated heterocycles. The molecule has 0 spiro atoms. The highest BCUT2D eigenvalue weighted by molar-refractivity contribution is 6.35. The lowest BCUT2D eigenvalue weighted by atomic mass is 10.2. The summed E-state index contributed by atoms with van der Waals surface area (Å²) in [5.74, 6) is -2.56. The fourth-order valence-electron chi connectivity index (χ4n) is 1.54. The van der Waals surface area contributed by atoms with Crippen molar-refractivity contribution in [1.29, 1.82) is 0 Å². The van der Waals surface area contributed by atoms with Gasteiger partial charge in [0.2, 0.25) is 0 Å². The third-order valence-corrected chi connectivity index (χ3v) is 3.05. The van der Waals surface area contributed by atoms with Crippen LogP contribution in [0.4, 0.5) is 18.9 Å². The summed E-state index contributed by atoms with van der Waals surface area (Å²) in [6.45, 7) is 0.0296. The van der Waals surface area contributed by atoms with Crippen molar-refractivity contribution in [3.05, 3.63) is 63.4 Å². The van der Waals surface area contributed by atoms with Gasteiger partial charge in [-0.1, -0.05) is 35.3 Å². The van der Waals surface area contributed by atoms with Crippen LogP contribution in [0, 0.1) is 17.5 Å². The van der Waals surface area contributed by atoms with Crippen LogP contribution in [0.5, 0.6) is 0 Å². The van der Waals surface area contributed by atoms with Crippen LogP contribution in [-0.4, -0.2) is 0 Å². The fourth-order valence-corrected chi connectivity index (χ4v) is 2.03. The van der Waals surface area contributed by atoms with Crippen molar-refractivity contribution in [2.75, 3.05) is 5.32 Å². The second kappa shape index (κ2) is 5.72. The first-order valence-electron chi connectivity index (χ1n) is 5.30. The number of nitrogens with one attached hydrogen (secondary N) is 1. The standard InChI is InChI=1S/C13H8Cl2F3N/c14-9-4-8(5-10(15)13(9)18)19-6-7-2-1-3-11(16)12(7)17/h1-5,19H,6H2. The normalized spacial score (nSPS) is 10.6. The van der Waals surface area contributed by atoms with Gasteiger partial charge < -0.3 is 5.32 Å². The van der Waals surface area contributed by atoms with Crippen LogP contribution in [0.2, 0.25) is 10.0 Å². The molecule has 19 heavy (non-hydrogen) atoms. The van der Waals surface area contributed by atoms with Crippen LogP contribution in [0.3, 0.4) is 0 Å². The van der Waals surface area contributed by atoms with Gasteiger partial charge in [0.25, 0.3) is 0 Å². The summed E-state index contributed by atoms with van der Waals surface area (Å²) in [6, 6.07) is 6.52. The number of halogens is 5. The molecular formula is C13H8Cl2F3N. The van der Waals surface area contributed by atoms with Gasteiger partial charge >= 0.3 is 0 Å². The van der Waals surface area contributed by atoms with E-state index >= 15 is 0 Å². The van der Waals surface area contributed by atoms with Crippen LogP contribution in [0.25, 0.3) is 0 Å². The second-order valence-electron chi connectivity index (χ2n) is 3.82. The zero-order valence-corrected chi connectivity index (χ0v) is 11.0. The summed E-state index contributed by atoms with van der Waals surface area (Å²) in [6.07, 6.45) is 0. The van der Waals surface area contributed by atoms with E-state index in [0.717, 1.165) is 6.07 Å². The van der Waals surface area contributed by atoms with Crippen LogP contribution in [-0.2, 0) is 6.54 Å². The molecule has 0 unspecified atom stereocenters. The predicted molar refractivity (Wildman–Crippen MR) is 70.1 cm³/mol. The first-order chi connectivity index (χ1) is 8.99. The third kappa shape index (κ3) is 3.14. The Morgan fingerprint density at radius 2 is 1.58 bits per heavy atom. The SMILES string of the molecule is Fc1cccc(CNc2cc(Cl)c(F)c(Cl)c2)c1F. The highest BCUT2D eigenvalue weighted by Crippen LogP contribution is 2.27. The van der Waals surface area contributed by atoms with Gasteiger partial charge in [0, 0.05) is 17.8 Å². The van der Waals surface area contributed by atoms with E-state index in [9.17, 15) is 13.2 Å². The highest BCUT2D eigenvalue weighted by atomic mass is 35.5. The van der Waals surface area contributed by atoms with Gasteiger partial charge in [0.05, 0.1) is 10.0 Å². The van der Waals surface area contributed by atoms with E-state index in [1.54, 1.807) is 0 Å². The number of hydrogen-bond donors (Lipinski definition) is 1. The molecule has 2 rings (SSSR count). The van der Waals surface area contributed by atoms with E-state index in [1.165, 1.54) is 24.3 Å². The lowest BCUT2D eigenvalue weighted by Gasteiger charge is -2.09. The Bertz CT molecular complexity index is 594. The molecule has 6 heteroatoms. The van der Waals surface area contributed by atoms with E-state index in [2.05, 4.69) is 5.32 Å². The molecule has 0 bridgehead atoms. The quantitative estimate of drug-likeness (QED) is 0.785. The molecule has 1 N–H and O–H groups in total. The van der Waals surface area contributed by atoms with E-state index in [0.29, 0.717) is 5.69 Å². The summed E-state index contributed by atoms with van der Waals surface area (Å²) in [5.41, 5.74) is 0.566. The molecule has 0 aliphatic carbocycles. The number of hydrogen-bond acceptors (Lipinski definition) is 1. The molecule has 0 amide bonds. The Morgan fingerprint density at radius 1 is 0.947 bits per heavy atom. The highest BCUT2D eigenvalue weighted by Gasteiger charge is 2.10. The minimum Gasteiger partial charge on any atom is -0.381 e. The molecule has 0 aliphatic heterocycles. The molecule has 0 fully saturated rings. The largest absolute Gasteiger partial charge is 0.381 e. The lowest BCUT2D eigenvalue weighted by molar-refractivity contribution is 0.500. The van der Waals surface area contributed by atoms with Crippen molar-refractivity contribution >= 4 is 28.9 Å². The number of anilines is 1. The molecule has 0 aromatic heterocycles. The molecule has 0 heterocycles. The first kappa shape index (κ1) is 14.0. The molecule has 0 radical (unpaired) electrons. The van der Waals surface area contributed by atoms with E-state index in [1.807, 2.05) is 0 Å². The average Bonchev–Trinajstić information content (AvgIpc) is 2.37. The van der Waals surface area contributed by atoms with Crippen LogP contribution >= 0.6 is 23.2 Å². The second-order valence-corrected chi connectivity index (χ2v) is 4.63. The van der Waals surface area contributed by atoms with Crippen molar-refractivity contribution in [1.82, 2.24) is 0 Å². The zero-order valence-electron chi connectivity index (χ0n) is 9.48. The molecular weight excluding hydrogens is 298 g/mol. The molecule has 0 saturated carbocycles. The summed E-state index contributed by atoms with van der Waals surface area (Å²) in [4.78, 5) is 0. The summed E-state index contributed by atoms with van der Waals surface area (Å²) in [7, 11) is 0. The van der Waals surface area contributed by atoms with E-state index < -0.39 is 17.5 Å². The Kier molecular flexibility index (Phi) is 4.22. The van der Waals surface area contributed by atoms with Crippen LogP contribution in [0.15, 0.2) is 30.3 Å². The maximum absolute atomic E-state index is 13.4. The van der Waals surface area contributed by atoms with Gasteiger partial charge in [-0.15, -0.1) is 0 Å². The predicted octanol–water partition coefficient (Wildman–Crippen LogP) is 5.02. The van der Waals surface area contributed by atoms with E-state index in [4.69, 9.17) is 23.2 Å². The smallest absolute Gasteiger partial charge is 0.163 e. The molecule has 2 aromatic carbocycles.